The Bertz CT molecular complexity index is 611. The zero-order valence-electron chi connectivity index (χ0n) is 10.9. The number of hydrogen-bond donors (Lipinski definition) is 1. The summed E-state index contributed by atoms with van der Waals surface area (Å²) in [4.78, 5) is 16.9. The van der Waals surface area contributed by atoms with Crippen LogP contribution in [0.4, 0.5) is 5.82 Å². The molecule has 1 aromatic heterocycles. The average molecular weight is 275 g/mol. The first-order chi connectivity index (χ1) is 9.13. The number of nitrogens with zero attached hydrogens (tertiary/aromatic N) is 1. The van der Waals surface area contributed by atoms with Crippen LogP contribution in [-0.4, -0.2) is 17.3 Å². The third-order valence-corrected chi connectivity index (χ3v) is 3.07. The van der Waals surface area contributed by atoms with Gasteiger partial charge in [-0.05, 0) is 38.1 Å². The molecule has 98 valence electrons. The number of hydrogen-bond acceptors (Lipinski definition) is 3. The second kappa shape index (κ2) is 5.85. The van der Waals surface area contributed by atoms with Gasteiger partial charge in [-0.1, -0.05) is 23.7 Å². The van der Waals surface area contributed by atoms with Gasteiger partial charge in [0.15, 0.2) is 5.78 Å². The number of nitrogens with one attached hydrogen (secondary N) is 1. The second-order valence-corrected chi connectivity index (χ2v) is 4.60. The van der Waals surface area contributed by atoms with E-state index in [4.69, 9.17) is 11.6 Å². The topological polar surface area (TPSA) is 42.0 Å². The molecule has 3 nitrogen and oxygen atoms in total. The lowest BCUT2D eigenvalue weighted by Crippen LogP contribution is -2.10. The van der Waals surface area contributed by atoms with E-state index >= 15 is 0 Å². The van der Waals surface area contributed by atoms with Crippen LogP contribution in [0.15, 0.2) is 36.4 Å². The first-order valence-corrected chi connectivity index (χ1v) is 6.52. The van der Waals surface area contributed by atoms with Crippen LogP contribution in [-0.2, 0) is 0 Å². The summed E-state index contributed by atoms with van der Waals surface area (Å²) in [7, 11) is 0. The van der Waals surface area contributed by atoms with Gasteiger partial charge >= 0.3 is 0 Å². The number of carbonyl (C=O) groups excluding carboxylic acids is 1. The smallest absolute Gasteiger partial charge is 0.198 e. The van der Waals surface area contributed by atoms with Crippen LogP contribution in [0, 0.1) is 6.92 Å². The van der Waals surface area contributed by atoms with Gasteiger partial charge in [-0.3, -0.25) is 4.79 Å². The van der Waals surface area contributed by atoms with Gasteiger partial charge in [-0.2, -0.15) is 0 Å². The molecule has 0 aliphatic carbocycles. The predicted molar refractivity (Wildman–Crippen MR) is 78.0 cm³/mol. The summed E-state index contributed by atoms with van der Waals surface area (Å²) in [5, 5.41) is 3.57. The average Bonchev–Trinajstić information content (AvgIpc) is 2.39. The van der Waals surface area contributed by atoms with Gasteiger partial charge < -0.3 is 5.32 Å². The van der Waals surface area contributed by atoms with Crippen molar-refractivity contribution >= 4 is 23.2 Å². The van der Waals surface area contributed by atoms with Crippen LogP contribution in [0.1, 0.15) is 28.5 Å². The van der Waals surface area contributed by atoms with Crippen LogP contribution in [0.25, 0.3) is 0 Å². The fraction of sp³-hybridized carbons (Fsp3) is 0.200. The number of halogens is 1. The zero-order valence-corrected chi connectivity index (χ0v) is 11.7. The molecule has 0 saturated carbocycles. The highest BCUT2D eigenvalue weighted by Gasteiger charge is 2.16. The minimum absolute atomic E-state index is 0.117. The first kappa shape index (κ1) is 13.6. The molecule has 2 aromatic rings. The summed E-state index contributed by atoms with van der Waals surface area (Å²) in [5.74, 6) is 0.487. The van der Waals surface area contributed by atoms with Crippen LogP contribution in [0.3, 0.4) is 0 Å². The van der Waals surface area contributed by atoms with Crippen LogP contribution >= 0.6 is 11.6 Å². The highest BCUT2D eigenvalue weighted by atomic mass is 35.5. The molecule has 1 aromatic carbocycles. The number of aromatic nitrogens is 1. The lowest BCUT2D eigenvalue weighted by molar-refractivity contribution is 0.103. The van der Waals surface area contributed by atoms with Gasteiger partial charge in [-0.15, -0.1) is 0 Å². The van der Waals surface area contributed by atoms with Gasteiger partial charge in [0.2, 0.25) is 0 Å². The normalized spacial score (nSPS) is 10.3. The first-order valence-electron chi connectivity index (χ1n) is 6.14. The SMILES string of the molecule is CCNc1nc(C)ccc1C(=O)c1ccccc1Cl. The Morgan fingerprint density at radius 2 is 1.95 bits per heavy atom. The summed E-state index contributed by atoms with van der Waals surface area (Å²) < 4.78 is 0. The van der Waals surface area contributed by atoms with Crippen LogP contribution in [0.2, 0.25) is 5.02 Å². The van der Waals surface area contributed by atoms with Gasteiger partial charge in [-0.25, -0.2) is 4.98 Å². The molecule has 19 heavy (non-hydrogen) atoms. The molecule has 2 rings (SSSR count). The van der Waals surface area contributed by atoms with Gasteiger partial charge in [0.25, 0.3) is 0 Å². The minimum atomic E-state index is -0.117. The standard InChI is InChI=1S/C15H15ClN2O/c1-3-17-15-12(9-8-10(2)18-15)14(19)11-6-4-5-7-13(11)16/h4-9H,3H2,1-2H3,(H,17,18). The Labute approximate surface area is 117 Å². The summed E-state index contributed by atoms with van der Waals surface area (Å²) in [6.45, 7) is 4.57. The van der Waals surface area contributed by atoms with Crippen molar-refractivity contribution in [2.45, 2.75) is 13.8 Å². The monoisotopic (exact) mass is 274 g/mol. The Hall–Kier alpha value is -1.87. The van der Waals surface area contributed by atoms with E-state index in [2.05, 4.69) is 10.3 Å². The minimum Gasteiger partial charge on any atom is -0.370 e. The quantitative estimate of drug-likeness (QED) is 0.864. The molecule has 0 unspecified atom stereocenters. The number of aryl methyl sites for hydroxylation is 1. The lowest BCUT2D eigenvalue weighted by atomic mass is 10.0. The summed E-state index contributed by atoms with van der Waals surface area (Å²) in [6, 6.07) is 10.6. The molecule has 0 aliphatic rings. The fourth-order valence-electron chi connectivity index (χ4n) is 1.83. The molecule has 4 heteroatoms. The van der Waals surface area contributed by atoms with Gasteiger partial charge in [0.05, 0.1) is 10.6 Å². The summed E-state index contributed by atoms with van der Waals surface area (Å²) in [6.07, 6.45) is 0. The Balaban J connectivity index is 2.47. The molecule has 0 atom stereocenters. The van der Waals surface area contributed by atoms with E-state index in [1.54, 1.807) is 30.3 Å². The van der Waals surface area contributed by atoms with E-state index in [-0.39, 0.29) is 5.78 Å². The fourth-order valence-corrected chi connectivity index (χ4v) is 2.05. The molecular weight excluding hydrogens is 260 g/mol. The Morgan fingerprint density at radius 3 is 2.63 bits per heavy atom. The summed E-state index contributed by atoms with van der Waals surface area (Å²) in [5.41, 5.74) is 1.90. The third kappa shape index (κ3) is 2.93. The van der Waals surface area contributed by atoms with Crippen LogP contribution < -0.4 is 5.32 Å². The Morgan fingerprint density at radius 1 is 1.21 bits per heavy atom. The maximum Gasteiger partial charge on any atom is 0.198 e. The van der Waals surface area contributed by atoms with Crippen molar-refractivity contribution in [1.29, 1.82) is 0 Å². The molecule has 1 N–H and O–H groups in total. The Kier molecular flexibility index (Phi) is 4.17. The highest BCUT2D eigenvalue weighted by Crippen LogP contribution is 2.22. The van der Waals surface area contributed by atoms with Crippen molar-refractivity contribution in [3.63, 3.8) is 0 Å². The summed E-state index contributed by atoms with van der Waals surface area (Å²) >= 11 is 6.07. The molecule has 0 bridgehead atoms. The van der Waals surface area contributed by atoms with E-state index in [1.807, 2.05) is 19.9 Å². The number of pyridine rings is 1. The van der Waals surface area contributed by atoms with Gasteiger partial charge in [0, 0.05) is 17.8 Å². The molecule has 0 spiro atoms. The van der Waals surface area contributed by atoms with E-state index in [0.29, 0.717) is 28.5 Å². The zero-order chi connectivity index (χ0) is 13.8. The number of benzene rings is 1. The molecule has 0 amide bonds. The van der Waals surface area contributed by atoms with E-state index in [1.165, 1.54) is 0 Å². The van der Waals surface area contributed by atoms with Gasteiger partial charge in [0.1, 0.15) is 5.82 Å². The van der Waals surface area contributed by atoms with Crippen molar-refractivity contribution in [2.24, 2.45) is 0 Å². The molecule has 0 radical (unpaired) electrons. The molecule has 0 aliphatic heterocycles. The lowest BCUT2D eigenvalue weighted by Gasteiger charge is -2.10. The van der Waals surface area contributed by atoms with Crippen molar-refractivity contribution in [3.8, 4) is 0 Å². The van der Waals surface area contributed by atoms with E-state index < -0.39 is 0 Å². The predicted octanol–water partition coefficient (Wildman–Crippen LogP) is 3.71. The maximum atomic E-state index is 12.5. The number of rotatable bonds is 4. The largest absolute Gasteiger partial charge is 0.370 e. The molecule has 0 fully saturated rings. The molecule has 1 heterocycles. The maximum absolute atomic E-state index is 12.5. The van der Waals surface area contributed by atoms with Crippen molar-refractivity contribution in [2.75, 3.05) is 11.9 Å². The van der Waals surface area contributed by atoms with Crippen LogP contribution in [0.5, 0.6) is 0 Å². The molecule has 0 saturated heterocycles. The van der Waals surface area contributed by atoms with Crippen molar-refractivity contribution in [1.82, 2.24) is 4.98 Å². The highest BCUT2D eigenvalue weighted by molar-refractivity contribution is 6.35. The number of anilines is 1. The van der Waals surface area contributed by atoms with Crippen molar-refractivity contribution in [3.05, 3.63) is 58.2 Å². The van der Waals surface area contributed by atoms with E-state index in [0.717, 1.165) is 5.69 Å². The number of ketones is 1. The van der Waals surface area contributed by atoms with Crippen molar-refractivity contribution < 1.29 is 4.79 Å². The second-order valence-electron chi connectivity index (χ2n) is 4.19. The molecular formula is C15H15ClN2O. The number of carbonyl (C=O) groups is 1. The van der Waals surface area contributed by atoms with E-state index in [9.17, 15) is 4.79 Å². The third-order valence-electron chi connectivity index (χ3n) is 2.74.